The number of rotatable bonds is 8. The van der Waals surface area contributed by atoms with Crippen molar-refractivity contribution in [3.63, 3.8) is 0 Å². The van der Waals surface area contributed by atoms with Gasteiger partial charge in [0, 0.05) is 38.2 Å². The van der Waals surface area contributed by atoms with E-state index >= 15 is 0 Å². The molecule has 2 heterocycles. The van der Waals surface area contributed by atoms with Crippen LogP contribution in [-0.4, -0.2) is 42.5 Å². The molecule has 1 aromatic carbocycles. The molecule has 8 nitrogen and oxygen atoms in total. The van der Waals surface area contributed by atoms with Crippen LogP contribution >= 0.6 is 0 Å². The van der Waals surface area contributed by atoms with Gasteiger partial charge < -0.3 is 9.42 Å². The summed E-state index contributed by atoms with van der Waals surface area (Å²) in [6.45, 7) is 7.30. The molecular formula is C20H26N6O2. The topological polar surface area (TPSA) is 89.9 Å². The molecule has 0 saturated heterocycles. The molecular weight excluding hydrogens is 356 g/mol. The molecule has 0 atom stereocenters. The summed E-state index contributed by atoms with van der Waals surface area (Å²) in [5.74, 6) is 1.51. The van der Waals surface area contributed by atoms with Crippen LogP contribution in [0, 0.1) is 0 Å². The van der Waals surface area contributed by atoms with E-state index in [-0.39, 0.29) is 5.91 Å². The SMILES string of the molecule is CCN(Cc1cn(C)nn1)C(=O)CCc1nc(-c2ccc(C(C)C)cc2)no1. The molecule has 0 unspecified atom stereocenters. The van der Waals surface area contributed by atoms with Gasteiger partial charge in [0.15, 0.2) is 0 Å². The largest absolute Gasteiger partial charge is 0.339 e. The number of aromatic nitrogens is 5. The van der Waals surface area contributed by atoms with Gasteiger partial charge in [-0.05, 0) is 18.4 Å². The van der Waals surface area contributed by atoms with E-state index in [4.69, 9.17) is 4.52 Å². The Balaban J connectivity index is 1.57. The Bertz CT molecular complexity index is 913. The van der Waals surface area contributed by atoms with Gasteiger partial charge in [-0.1, -0.05) is 48.5 Å². The highest BCUT2D eigenvalue weighted by Gasteiger charge is 2.16. The molecule has 8 heteroatoms. The highest BCUT2D eigenvalue weighted by molar-refractivity contribution is 5.76. The van der Waals surface area contributed by atoms with Crippen LogP contribution in [0.5, 0.6) is 0 Å². The lowest BCUT2D eigenvalue weighted by atomic mass is 10.0. The molecule has 1 amide bonds. The van der Waals surface area contributed by atoms with Crippen LogP contribution in [0.3, 0.4) is 0 Å². The summed E-state index contributed by atoms with van der Waals surface area (Å²) in [5, 5.41) is 12.0. The molecule has 3 aromatic rings. The molecule has 3 rings (SSSR count). The predicted molar refractivity (Wildman–Crippen MR) is 104 cm³/mol. The number of hydrogen-bond donors (Lipinski definition) is 0. The molecule has 0 saturated carbocycles. The zero-order valence-corrected chi connectivity index (χ0v) is 16.8. The maximum absolute atomic E-state index is 12.5. The number of benzene rings is 1. The van der Waals surface area contributed by atoms with Gasteiger partial charge in [-0.15, -0.1) is 5.10 Å². The maximum atomic E-state index is 12.5. The molecule has 0 aliphatic carbocycles. The first-order valence-corrected chi connectivity index (χ1v) is 9.52. The first-order valence-electron chi connectivity index (χ1n) is 9.52. The van der Waals surface area contributed by atoms with Crippen molar-refractivity contribution in [2.75, 3.05) is 6.54 Å². The smallest absolute Gasteiger partial charge is 0.227 e. The second-order valence-electron chi connectivity index (χ2n) is 7.08. The first kappa shape index (κ1) is 19.7. The zero-order valence-electron chi connectivity index (χ0n) is 16.8. The number of hydrogen-bond acceptors (Lipinski definition) is 6. The van der Waals surface area contributed by atoms with Crippen molar-refractivity contribution >= 4 is 5.91 Å². The fourth-order valence-electron chi connectivity index (χ4n) is 2.90. The van der Waals surface area contributed by atoms with Crippen LogP contribution in [0.15, 0.2) is 35.0 Å². The van der Waals surface area contributed by atoms with Crippen LogP contribution in [0.25, 0.3) is 11.4 Å². The summed E-state index contributed by atoms with van der Waals surface area (Å²) in [6.07, 6.45) is 2.53. The fourth-order valence-corrected chi connectivity index (χ4v) is 2.90. The van der Waals surface area contributed by atoms with E-state index in [2.05, 4.69) is 46.4 Å². The normalized spacial score (nSPS) is 11.2. The number of amides is 1. The number of carbonyl (C=O) groups is 1. The van der Waals surface area contributed by atoms with E-state index in [1.54, 1.807) is 16.6 Å². The van der Waals surface area contributed by atoms with Crippen molar-refractivity contribution in [3.8, 4) is 11.4 Å². The molecule has 0 bridgehead atoms. The Hall–Kier alpha value is -3.03. The van der Waals surface area contributed by atoms with Crippen molar-refractivity contribution < 1.29 is 9.32 Å². The van der Waals surface area contributed by atoms with E-state index in [1.165, 1.54) is 5.56 Å². The third-order valence-electron chi connectivity index (χ3n) is 4.59. The lowest BCUT2D eigenvalue weighted by molar-refractivity contribution is -0.131. The third kappa shape index (κ3) is 4.82. The zero-order chi connectivity index (χ0) is 20.1. The molecule has 0 spiro atoms. The van der Waals surface area contributed by atoms with Gasteiger partial charge in [0.05, 0.1) is 6.54 Å². The average Bonchev–Trinajstić information content (AvgIpc) is 3.33. The van der Waals surface area contributed by atoms with Crippen LogP contribution in [0.4, 0.5) is 0 Å². The minimum atomic E-state index is 0.0224. The Labute approximate surface area is 164 Å². The van der Waals surface area contributed by atoms with Crippen molar-refractivity contribution in [2.45, 2.75) is 46.1 Å². The third-order valence-corrected chi connectivity index (χ3v) is 4.59. The Morgan fingerprint density at radius 3 is 2.61 bits per heavy atom. The van der Waals surface area contributed by atoms with Crippen molar-refractivity contribution in [3.05, 3.63) is 47.6 Å². The van der Waals surface area contributed by atoms with Gasteiger partial charge in [-0.3, -0.25) is 9.48 Å². The van der Waals surface area contributed by atoms with Gasteiger partial charge in [-0.2, -0.15) is 4.98 Å². The van der Waals surface area contributed by atoms with E-state index in [0.29, 0.717) is 43.6 Å². The van der Waals surface area contributed by atoms with Gasteiger partial charge in [0.1, 0.15) is 5.69 Å². The monoisotopic (exact) mass is 382 g/mol. The molecule has 28 heavy (non-hydrogen) atoms. The molecule has 0 aliphatic rings. The summed E-state index contributed by atoms with van der Waals surface area (Å²) in [7, 11) is 1.80. The average molecular weight is 382 g/mol. The van der Waals surface area contributed by atoms with Crippen LogP contribution in [0.2, 0.25) is 0 Å². The van der Waals surface area contributed by atoms with E-state index < -0.39 is 0 Å². The second kappa shape index (κ2) is 8.77. The number of carbonyl (C=O) groups excluding carboxylic acids is 1. The molecule has 0 fully saturated rings. The Morgan fingerprint density at radius 1 is 1.25 bits per heavy atom. The quantitative estimate of drug-likeness (QED) is 0.595. The molecule has 0 radical (unpaired) electrons. The Kier molecular flexibility index (Phi) is 6.18. The van der Waals surface area contributed by atoms with Gasteiger partial charge in [0.25, 0.3) is 0 Å². The number of nitrogens with zero attached hydrogens (tertiary/aromatic N) is 6. The second-order valence-corrected chi connectivity index (χ2v) is 7.08. The predicted octanol–water partition coefficient (Wildman–Crippen LogP) is 2.97. The lowest BCUT2D eigenvalue weighted by Gasteiger charge is -2.19. The Morgan fingerprint density at radius 2 is 2.00 bits per heavy atom. The maximum Gasteiger partial charge on any atom is 0.227 e. The van der Waals surface area contributed by atoms with Gasteiger partial charge in [-0.25, -0.2) is 0 Å². The van der Waals surface area contributed by atoms with Gasteiger partial charge in [0.2, 0.25) is 17.6 Å². The molecule has 2 aromatic heterocycles. The standard InChI is InChI=1S/C20H26N6O2/c1-5-26(13-17-12-25(4)24-22-17)19(27)11-10-18-21-20(23-28-18)16-8-6-15(7-9-16)14(2)3/h6-9,12,14H,5,10-11,13H2,1-4H3. The van der Waals surface area contributed by atoms with Gasteiger partial charge >= 0.3 is 0 Å². The van der Waals surface area contributed by atoms with Crippen LogP contribution in [-0.2, 0) is 24.8 Å². The highest BCUT2D eigenvalue weighted by Crippen LogP contribution is 2.20. The van der Waals surface area contributed by atoms with E-state index in [9.17, 15) is 4.79 Å². The van der Waals surface area contributed by atoms with E-state index in [1.807, 2.05) is 25.3 Å². The van der Waals surface area contributed by atoms with Crippen LogP contribution < -0.4 is 0 Å². The molecule has 0 aliphatic heterocycles. The summed E-state index contributed by atoms with van der Waals surface area (Å²) in [4.78, 5) is 18.7. The number of aryl methyl sites for hydroxylation is 2. The summed E-state index contributed by atoms with van der Waals surface area (Å²) >= 11 is 0. The minimum Gasteiger partial charge on any atom is -0.339 e. The highest BCUT2D eigenvalue weighted by atomic mass is 16.5. The lowest BCUT2D eigenvalue weighted by Crippen LogP contribution is -2.30. The van der Waals surface area contributed by atoms with E-state index in [0.717, 1.165) is 11.3 Å². The fraction of sp³-hybridized carbons (Fsp3) is 0.450. The molecule has 0 N–H and O–H groups in total. The van der Waals surface area contributed by atoms with Crippen molar-refractivity contribution in [1.29, 1.82) is 0 Å². The van der Waals surface area contributed by atoms with Crippen molar-refractivity contribution in [1.82, 2.24) is 30.0 Å². The van der Waals surface area contributed by atoms with Crippen LogP contribution in [0.1, 0.15) is 50.3 Å². The summed E-state index contributed by atoms with van der Waals surface area (Å²) < 4.78 is 6.95. The molecule has 148 valence electrons. The first-order chi connectivity index (χ1) is 13.5. The minimum absolute atomic E-state index is 0.0224. The van der Waals surface area contributed by atoms with Crippen molar-refractivity contribution in [2.24, 2.45) is 7.05 Å². The summed E-state index contributed by atoms with van der Waals surface area (Å²) in [5.41, 5.74) is 2.94. The summed E-state index contributed by atoms with van der Waals surface area (Å²) in [6, 6.07) is 8.14.